The summed E-state index contributed by atoms with van der Waals surface area (Å²) in [6.07, 6.45) is 0. The lowest BCUT2D eigenvalue weighted by Crippen LogP contribution is -2.06. The summed E-state index contributed by atoms with van der Waals surface area (Å²) in [6.45, 7) is 1.08. The van der Waals surface area contributed by atoms with Crippen molar-refractivity contribution in [2.75, 3.05) is 0 Å². The molecular weight excluding hydrogens is 312 g/mol. The molecule has 0 aliphatic carbocycles. The van der Waals surface area contributed by atoms with Crippen LogP contribution in [0.2, 0.25) is 0 Å². The number of ether oxygens (including phenoxy) is 1. The van der Waals surface area contributed by atoms with Gasteiger partial charge in [-0.05, 0) is 22.6 Å². The fourth-order valence-electron chi connectivity index (χ4n) is 0.780. The summed E-state index contributed by atoms with van der Waals surface area (Å²) < 4.78 is 42.4. The Kier molecular flexibility index (Phi) is 3.35. The standard InChI is InChI=1S/C8H4F3IO2/c1-3(13)14-5-2-4(9)6(10)7(11)8(5)12/h2H,1H3. The van der Waals surface area contributed by atoms with Crippen LogP contribution in [-0.4, -0.2) is 5.97 Å². The van der Waals surface area contributed by atoms with Crippen molar-refractivity contribution < 1.29 is 22.7 Å². The normalized spacial score (nSPS) is 10.1. The largest absolute Gasteiger partial charge is 0.425 e. The van der Waals surface area contributed by atoms with Crippen LogP contribution in [-0.2, 0) is 4.79 Å². The van der Waals surface area contributed by atoms with E-state index in [0.717, 1.165) is 6.92 Å². The molecule has 76 valence electrons. The minimum atomic E-state index is -1.58. The fourth-order valence-corrected chi connectivity index (χ4v) is 1.28. The van der Waals surface area contributed by atoms with Crippen molar-refractivity contribution in [3.8, 4) is 5.75 Å². The van der Waals surface area contributed by atoms with E-state index >= 15 is 0 Å². The van der Waals surface area contributed by atoms with Crippen LogP contribution in [0.4, 0.5) is 13.2 Å². The molecule has 0 aliphatic heterocycles. The Morgan fingerprint density at radius 3 is 2.43 bits per heavy atom. The van der Waals surface area contributed by atoms with Crippen LogP contribution >= 0.6 is 22.6 Å². The maximum Gasteiger partial charge on any atom is 0.308 e. The van der Waals surface area contributed by atoms with Gasteiger partial charge in [0.2, 0.25) is 0 Å². The number of esters is 1. The first-order chi connectivity index (χ1) is 6.43. The Morgan fingerprint density at radius 1 is 1.36 bits per heavy atom. The molecule has 0 aliphatic rings. The van der Waals surface area contributed by atoms with Gasteiger partial charge in [-0.3, -0.25) is 4.79 Å². The SMILES string of the molecule is CC(=O)Oc1cc(F)c(F)c(F)c1I. The molecule has 0 saturated heterocycles. The molecule has 2 nitrogen and oxygen atoms in total. The summed E-state index contributed by atoms with van der Waals surface area (Å²) >= 11 is 1.42. The fraction of sp³-hybridized carbons (Fsp3) is 0.125. The Labute approximate surface area is 91.2 Å². The molecule has 0 atom stereocenters. The monoisotopic (exact) mass is 316 g/mol. The van der Waals surface area contributed by atoms with Gasteiger partial charge in [0.15, 0.2) is 17.5 Å². The first-order valence-electron chi connectivity index (χ1n) is 3.45. The summed E-state index contributed by atoms with van der Waals surface area (Å²) in [7, 11) is 0. The van der Waals surface area contributed by atoms with Gasteiger partial charge in [0.05, 0.1) is 3.57 Å². The van der Waals surface area contributed by atoms with Gasteiger partial charge in [0.1, 0.15) is 5.75 Å². The minimum absolute atomic E-state index is 0.267. The molecule has 1 aromatic carbocycles. The second-order valence-electron chi connectivity index (χ2n) is 2.39. The van der Waals surface area contributed by atoms with E-state index < -0.39 is 23.4 Å². The lowest BCUT2D eigenvalue weighted by Gasteiger charge is -2.05. The third kappa shape index (κ3) is 2.17. The Hall–Kier alpha value is -0.790. The minimum Gasteiger partial charge on any atom is -0.425 e. The van der Waals surface area contributed by atoms with E-state index in [9.17, 15) is 18.0 Å². The van der Waals surface area contributed by atoms with Crippen molar-refractivity contribution in [3.63, 3.8) is 0 Å². The summed E-state index contributed by atoms with van der Waals surface area (Å²) in [5.74, 6) is -5.38. The molecule has 0 aromatic heterocycles. The first-order valence-corrected chi connectivity index (χ1v) is 4.52. The maximum absolute atomic E-state index is 12.9. The van der Waals surface area contributed by atoms with Crippen LogP contribution in [0.1, 0.15) is 6.92 Å². The van der Waals surface area contributed by atoms with Crippen LogP contribution in [0.5, 0.6) is 5.75 Å². The third-order valence-corrected chi connectivity index (χ3v) is 2.33. The molecule has 0 unspecified atom stereocenters. The van der Waals surface area contributed by atoms with Crippen LogP contribution < -0.4 is 4.74 Å². The molecule has 1 aromatic rings. The average Bonchev–Trinajstić information content (AvgIpc) is 2.10. The molecule has 0 N–H and O–H groups in total. The first kappa shape index (κ1) is 11.3. The van der Waals surface area contributed by atoms with Crippen molar-refractivity contribution in [2.45, 2.75) is 6.92 Å². The van der Waals surface area contributed by atoms with Gasteiger partial charge in [-0.25, -0.2) is 13.2 Å². The number of rotatable bonds is 1. The predicted molar refractivity (Wildman–Crippen MR) is 50.3 cm³/mol. The second kappa shape index (κ2) is 4.16. The van der Waals surface area contributed by atoms with E-state index in [4.69, 9.17) is 0 Å². The Balaban J connectivity index is 3.25. The van der Waals surface area contributed by atoms with E-state index in [1.165, 1.54) is 22.6 Å². The highest BCUT2D eigenvalue weighted by Gasteiger charge is 2.18. The number of halogens is 4. The third-order valence-electron chi connectivity index (χ3n) is 1.32. The average molecular weight is 316 g/mol. The zero-order valence-electron chi connectivity index (χ0n) is 6.91. The molecule has 0 heterocycles. The maximum atomic E-state index is 12.9. The number of carbonyl (C=O) groups excluding carboxylic acids is 1. The number of hydrogen-bond donors (Lipinski definition) is 0. The Bertz CT molecular complexity index is 393. The van der Waals surface area contributed by atoms with E-state index in [1.807, 2.05) is 0 Å². The van der Waals surface area contributed by atoms with Gasteiger partial charge < -0.3 is 4.74 Å². The smallest absolute Gasteiger partial charge is 0.308 e. The highest BCUT2D eigenvalue weighted by atomic mass is 127. The van der Waals surface area contributed by atoms with Crippen molar-refractivity contribution in [3.05, 3.63) is 27.1 Å². The molecular formula is C8H4F3IO2. The molecule has 6 heteroatoms. The number of hydrogen-bond acceptors (Lipinski definition) is 2. The van der Waals surface area contributed by atoms with Crippen LogP contribution in [0.25, 0.3) is 0 Å². The lowest BCUT2D eigenvalue weighted by molar-refractivity contribution is -0.131. The summed E-state index contributed by atoms with van der Waals surface area (Å²) in [5.41, 5.74) is 0. The zero-order valence-corrected chi connectivity index (χ0v) is 9.06. The summed E-state index contributed by atoms with van der Waals surface area (Å²) in [6, 6.07) is 0.627. The topological polar surface area (TPSA) is 26.3 Å². The van der Waals surface area contributed by atoms with Gasteiger partial charge in [0, 0.05) is 13.0 Å². The van der Waals surface area contributed by atoms with Crippen molar-refractivity contribution in [2.24, 2.45) is 0 Å². The van der Waals surface area contributed by atoms with Crippen LogP contribution in [0, 0.1) is 21.0 Å². The van der Waals surface area contributed by atoms with Crippen LogP contribution in [0.3, 0.4) is 0 Å². The van der Waals surface area contributed by atoms with Gasteiger partial charge in [-0.15, -0.1) is 0 Å². The molecule has 0 fully saturated rings. The van der Waals surface area contributed by atoms with Crippen molar-refractivity contribution in [1.82, 2.24) is 0 Å². The quantitative estimate of drug-likeness (QED) is 0.262. The number of benzene rings is 1. The van der Waals surface area contributed by atoms with Gasteiger partial charge in [0.25, 0.3) is 0 Å². The molecule has 0 spiro atoms. The van der Waals surface area contributed by atoms with E-state index in [1.54, 1.807) is 0 Å². The van der Waals surface area contributed by atoms with Gasteiger partial charge >= 0.3 is 5.97 Å². The van der Waals surface area contributed by atoms with Crippen LogP contribution in [0.15, 0.2) is 6.07 Å². The van der Waals surface area contributed by atoms with Gasteiger partial charge in [-0.1, -0.05) is 0 Å². The molecule has 0 radical (unpaired) electrons. The molecule has 1 rings (SSSR count). The van der Waals surface area contributed by atoms with E-state index in [0.29, 0.717) is 6.07 Å². The zero-order chi connectivity index (χ0) is 10.9. The molecule has 14 heavy (non-hydrogen) atoms. The van der Waals surface area contributed by atoms with Crippen molar-refractivity contribution >= 4 is 28.6 Å². The van der Waals surface area contributed by atoms with E-state index in [-0.39, 0.29) is 9.32 Å². The Morgan fingerprint density at radius 2 is 1.93 bits per heavy atom. The van der Waals surface area contributed by atoms with Crippen molar-refractivity contribution in [1.29, 1.82) is 0 Å². The number of carbonyl (C=O) groups is 1. The second-order valence-corrected chi connectivity index (χ2v) is 3.47. The summed E-state index contributed by atoms with van der Waals surface area (Å²) in [4.78, 5) is 10.5. The van der Waals surface area contributed by atoms with E-state index in [2.05, 4.69) is 4.74 Å². The molecule has 0 bridgehead atoms. The highest BCUT2D eigenvalue weighted by Crippen LogP contribution is 2.27. The summed E-state index contributed by atoms with van der Waals surface area (Å²) in [5, 5.41) is 0. The predicted octanol–water partition coefficient (Wildman–Crippen LogP) is 2.63. The van der Waals surface area contributed by atoms with Gasteiger partial charge in [-0.2, -0.15) is 0 Å². The molecule has 0 saturated carbocycles. The lowest BCUT2D eigenvalue weighted by atomic mass is 10.3. The molecule has 0 amide bonds. The highest BCUT2D eigenvalue weighted by molar-refractivity contribution is 14.1.